The zero-order valence-electron chi connectivity index (χ0n) is 9.08. The van der Waals surface area contributed by atoms with Crippen LogP contribution in [-0.2, 0) is 17.2 Å². The molecule has 0 saturated carbocycles. The molecular formula is C11H16BrNOS2. The zero-order chi connectivity index (χ0) is 11.4. The van der Waals surface area contributed by atoms with Gasteiger partial charge in [-0.25, -0.2) is 0 Å². The quantitative estimate of drug-likeness (QED) is 0.923. The first-order chi connectivity index (χ1) is 7.74. The van der Waals surface area contributed by atoms with Crippen LogP contribution in [0.25, 0.3) is 0 Å². The van der Waals surface area contributed by atoms with Gasteiger partial charge in [-0.1, -0.05) is 0 Å². The second kappa shape index (κ2) is 6.28. The van der Waals surface area contributed by atoms with Gasteiger partial charge < -0.3 is 5.32 Å². The van der Waals surface area contributed by atoms with Crippen LogP contribution in [0.5, 0.6) is 0 Å². The van der Waals surface area contributed by atoms with Crippen LogP contribution in [0.2, 0.25) is 0 Å². The fourth-order valence-corrected chi connectivity index (χ4v) is 4.67. The van der Waals surface area contributed by atoms with Crippen molar-refractivity contribution in [3.05, 3.63) is 20.8 Å². The summed E-state index contributed by atoms with van der Waals surface area (Å²) in [4.78, 5) is 1.42. The average molecular weight is 322 g/mol. The van der Waals surface area contributed by atoms with Crippen molar-refractivity contribution < 1.29 is 4.21 Å². The summed E-state index contributed by atoms with van der Waals surface area (Å²) in [5.74, 6) is 1.75. The Morgan fingerprint density at radius 3 is 2.81 bits per heavy atom. The van der Waals surface area contributed by atoms with Crippen LogP contribution in [0.4, 0.5) is 0 Å². The van der Waals surface area contributed by atoms with Crippen LogP contribution < -0.4 is 5.32 Å². The van der Waals surface area contributed by atoms with Gasteiger partial charge in [0.1, 0.15) is 0 Å². The molecule has 0 bridgehead atoms. The Hall–Kier alpha value is 0.290. The maximum Gasteiger partial charge on any atom is 0.0701 e. The van der Waals surface area contributed by atoms with Gasteiger partial charge in [0.05, 0.1) is 3.79 Å². The third-order valence-corrected chi connectivity index (χ3v) is 5.89. The second-order valence-electron chi connectivity index (χ2n) is 4.03. The molecule has 5 heteroatoms. The lowest BCUT2D eigenvalue weighted by Gasteiger charge is -2.22. The Morgan fingerprint density at radius 2 is 2.19 bits per heavy atom. The average Bonchev–Trinajstić information content (AvgIpc) is 2.67. The molecule has 0 aromatic carbocycles. The van der Waals surface area contributed by atoms with Crippen LogP contribution in [0, 0.1) is 0 Å². The van der Waals surface area contributed by atoms with Crippen LogP contribution in [0.15, 0.2) is 15.9 Å². The van der Waals surface area contributed by atoms with Gasteiger partial charge in [-0.05, 0) is 47.3 Å². The largest absolute Gasteiger partial charge is 0.314 e. The van der Waals surface area contributed by atoms with E-state index in [1.165, 1.54) is 8.66 Å². The van der Waals surface area contributed by atoms with E-state index in [1.54, 1.807) is 11.3 Å². The van der Waals surface area contributed by atoms with E-state index in [2.05, 4.69) is 33.4 Å². The van der Waals surface area contributed by atoms with Crippen molar-refractivity contribution in [2.24, 2.45) is 0 Å². The van der Waals surface area contributed by atoms with Crippen LogP contribution in [0.3, 0.4) is 0 Å². The van der Waals surface area contributed by atoms with Gasteiger partial charge in [-0.2, -0.15) is 0 Å². The molecule has 1 aliphatic heterocycles. The van der Waals surface area contributed by atoms with E-state index in [4.69, 9.17) is 0 Å². The van der Waals surface area contributed by atoms with Crippen molar-refractivity contribution in [1.82, 2.24) is 5.32 Å². The van der Waals surface area contributed by atoms with Gasteiger partial charge >= 0.3 is 0 Å². The highest BCUT2D eigenvalue weighted by Gasteiger charge is 2.16. The molecule has 90 valence electrons. The highest BCUT2D eigenvalue weighted by molar-refractivity contribution is 9.11. The van der Waals surface area contributed by atoms with Crippen molar-refractivity contribution in [2.45, 2.75) is 25.3 Å². The first-order valence-corrected chi connectivity index (χ1v) is 8.66. The van der Waals surface area contributed by atoms with E-state index in [9.17, 15) is 4.21 Å². The number of thiophene rings is 1. The maximum absolute atomic E-state index is 11.2. The van der Waals surface area contributed by atoms with Gasteiger partial charge in [0, 0.05) is 39.8 Å². The van der Waals surface area contributed by atoms with Crippen LogP contribution in [-0.4, -0.2) is 28.3 Å². The fourth-order valence-electron chi connectivity index (χ4n) is 1.88. The molecule has 1 fully saturated rings. The maximum atomic E-state index is 11.2. The molecule has 2 rings (SSSR count). The van der Waals surface area contributed by atoms with E-state index < -0.39 is 10.8 Å². The Balaban J connectivity index is 1.66. The molecule has 1 aromatic rings. The third kappa shape index (κ3) is 3.95. The lowest BCUT2D eigenvalue weighted by atomic mass is 10.1. The summed E-state index contributed by atoms with van der Waals surface area (Å²) >= 11 is 5.27. The molecule has 1 aliphatic rings. The summed E-state index contributed by atoms with van der Waals surface area (Å²) in [7, 11) is -0.543. The Labute approximate surface area is 111 Å². The molecule has 0 amide bonds. The number of nitrogens with one attached hydrogen (secondary N) is 1. The van der Waals surface area contributed by atoms with Gasteiger partial charge in [0.2, 0.25) is 0 Å². The number of hydrogen-bond acceptors (Lipinski definition) is 3. The van der Waals surface area contributed by atoms with E-state index >= 15 is 0 Å². The fraction of sp³-hybridized carbons (Fsp3) is 0.636. The molecule has 0 aliphatic carbocycles. The van der Waals surface area contributed by atoms with Gasteiger partial charge in [-0.15, -0.1) is 11.3 Å². The molecular weight excluding hydrogens is 306 g/mol. The minimum absolute atomic E-state index is 0.543. The molecule has 1 saturated heterocycles. The lowest BCUT2D eigenvalue weighted by molar-refractivity contribution is 0.480. The molecule has 0 radical (unpaired) electrons. The van der Waals surface area contributed by atoms with Crippen molar-refractivity contribution in [3.63, 3.8) is 0 Å². The first kappa shape index (κ1) is 12.7. The summed E-state index contributed by atoms with van der Waals surface area (Å²) in [5.41, 5.74) is 0. The van der Waals surface area contributed by atoms with Gasteiger partial charge in [0.25, 0.3) is 0 Å². The van der Waals surface area contributed by atoms with E-state index in [0.29, 0.717) is 6.04 Å². The SMILES string of the molecule is O=S1CCC(NCCc2ccc(Br)s2)CC1. The predicted octanol–water partition coefficient (Wildman–Crippen LogP) is 2.55. The number of halogens is 1. The van der Waals surface area contributed by atoms with Gasteiger partial charge in [-0.3, -0.25) is 4.21 Å². The smallest absolute Gasteiger partial charge is 0.0701 e. The molecule has 1 aromatic heterocycles. The molecule has 2 heterocycles. The third-order valence-electron chi connectivity index (χ3n) is 2.82. The highest BCUT2D eigenvalue weighted by Crippen LogP contribution is 2.22. The molecule has 0 atom stereocenters. The summed E-state index contributed by atoms with van der Waals surface area (Å²) in [6.07, 6.45) is 3.23. The molecule has 2 nitrogen and oxygen atoms in total. The topological polar surface area (TPSA) is 29.1 Å². The minimum atomic E-state index is -0.543. The number of rotatable bonds is 4. The molecule has 0 spiro atoms. The summed E-state index contributed by atoms with van der Waals surface area (Å²) in [5, 5.41) is 3.56. The zero-order valence-corrected chi connectivity index (χ0v) is 12.3. The molecule has 1 N–H and O–H groups in total. The van der Waals surface area contributed by atoms with Crippen molar-refractivity contribution in [3.8, 4) is 0 Å². The first-order valence-electron chi connectivity index (χ1n) is 5.56. The lowest BCUT2D eigenvalue weighted by Crippen LogP contribution is -2.36. The van der Waals surface area contributed by atoms with Crippen LogP contribution >= 0.6 is 27.3 Å². The second-order valence-corrected chi connectivity index (χ2v) is 8.28. The Bertz CT molecular complexity index is 357. The van der Waals surface area contributed by atoms with Crippen LogP contribution in [0.1, 0.15) is 17.7 Å². The molecule has 0 unspecified atom stereocenters. The molecule has 16 heavy (non-hydrogen) atoms. The monoisotopic (exact) mass is 321 g/mol. The predicted molar refractivity (Wildman–Crippen MR) is 74.6 cm³/mol. The summed E-state index contributed by atoms with van der Waals surface area (Å²) < 4.78 is 12.4. The number of hydrogen-bond donors (Lipinski definition) is 1. The van der Waals surface area contributed by atoms with Crippen molar-refractivity contribution >= 4 is 38.1 Å². The normalized spacial score (nSPS) is 25.8. The minimum Gasteiger partial charge on any atom is -0.314 e. The van der Waals surface area contributed by atoms with E-state index in [0.717, 1.165) is 37.3 Å². The van der Waals surface area contributed by atoms with Crippen molar-refractivity contribution in [2.75, 3.05) is 18.1 Å². The highest BCUT2D eigenvalue weighted by atomic mass is 79.9. The van der Waals surface area contributed by atoms with E-state index in [-0.39, 0.29) is 0 Å². The standard InChI is InChI=1S/C11H16BrNOS2/c12-11-2-1-10(15-11)3-6-13-9-4-7-16(14)8-5-9/h1-2,9,13H,3-8H2. The van der Waals surface area contributed by atoms with Crippen molar-refractivity contribution in [1.29, 1.82) is 0 Å². The Morgan fingerprint density at radius 1 is 1.44 bits per heavy atom. The van der Waals surface area contributed by atoms with Gasteiger partial charge in [0.15, 0.2) is 0 Å². The summed E-state index contributed by atoms with van der Waals surface area (Å²) in [6, 6.07) is 4.86. The Kier molecular flexibility index (Phi) is 5.00. The van der Waals surface area contributed by atoms with E-state index in [1.807, 2.05) is 0 Å². The summed E-state index contributed by atoms with van der Waals surface area (Å²) in [6.45, 7) is 1.03.